The Morgan fingerprint density at radius 2 is 1.43 bits per heavy atom. The molecule has 0 aromatic heterocycles. The number of ether oxygens (including phenoxy) is 5. The van der Waals surface area contributed by atoms with Crippen LogP contribution in [0.1, 0.15) is 26.7 Å². The second-order valence-corrected chi connectivity index (χ2v) is 9.95. The highest BCUT2D eigenvalue weighted by molar-refractivity contribution is 4.97. The van der Waals surface area contributed by atoms with Crippen LogP contribution < -0.4 is 22.9 Å². The van der Waals surface area contributed by atoms with Crippen LogP contribution in [-0.2, 0) is 23.7 Å². The van der Waals surface area contributed by atoms with Gasteiger partial charge in [0, 0.05) is 6.61 Å². The summed E-state index contributed by atoms with van der Waals surface area (Å²) in [5, 5.41) is 53.0. The van der Waals surface area contributed by atoms with E-state index in [1.54, 1.807) is 6.92 Å². The van der Waals surface area contributed by atoms with Gasteiger partial charge in [0.15, 0.2) is 12.3 Å². The molecule has 2 aliphatic heterocycles. The van der Waals surface area contributed by atoms with Crippen molar-refractivity contribution in [3.8, 4) is 0 Å². The van der Waals surface area contributed by atoms with Gasteiger partial charge in [0.2, 0.25) is 6.29 Å². The molecule has 3 rings (SSSR count). The molecule has 1 saturated carbocycles. The van der Waals surface area contributed by atoms with Gasteiger partial charge < -0.3 is 72.2 Å². The van der Waals surface area contributed by atoms with Crippen molar-refractivity contribution in [3.05, 3.63) is 0 Å². The van der Waals surface area contributed by atoms with Crippen LogP contribution >= 0.6 is 0 Å². The maximum atomic E-state index is 11.0. The van der Waals surface area contributed by atoms with Gasteiger partial charge in [-0.15, -0.1) is 0 Å². The predicted octanol–water partition coefficient (Wildman–Crippen LogP) is -7.70. The molecule has 0 unspecified atom stereocenters. The van der Waals surface area contributed by atoms with E-state index in [0.717, 1.165) is 0 Å². The lowest BCUT2D eigenvalue weighted by atomic mass is 9.84. The van der Waals surface area contributed by atoms with E-state index in [2.05, 4.69) is 22.9 Å². The van der Waals surface area contributed by atoms with Crippen molar-refractivity contribution < 1.29 is 72.2 Å². The Kier molecular flexibility index (Phi) is 10.2. The summed E-state index contributed by atoms with van der Waals surface area (Å²) in [5.41, 5.74) is 15.8. The van der Waals surface area contributed by atoms with Gasteiger partial charge in [-0.2, -0.15) is 0 Å². The molecule has 0 spiro atoms. The molecular formula is C21H46N4O10+4. The minimum atomic E-state index is -1.33. The van der Waals surface area contributed by atoms with Gasteiger partial charge in [-0.05, 0) is 13.3 Å². The molecule has 15 atom stereocenters. The molecule has 0 radical (unpaired) electrons. The van der Waals surface area contributed by atoms with Gasteiger partial charge in [0.25, 0.3) is 0 Å². The van der Waals surface area contributed by atoms with Gasteiger partial charge in [-0.3, -0.25) is 0 Å². The maximum absolute atomic E-state index is 11.0. The van der Waals surface area contributed by atoms with Crippen molar-refractivity contribution in [3.63, 3.8) is 0 Å². The second kappa shape index (κ2) is 12.3. The number of aliphatic hydroxyl groups excluding tert-OH is 5. The van der Waals surface area contributed by atoms with Crippen molar-refractivity contribution in [1.82, 2.24) is 0 Å². The highest BCUT2D eigenvalue weighted by atomic mass is 16.7. The second-order valence-electron chi connectivity index (χ2n) is 9.95. The number of hydrogen-bond donors (Lipinski definition) is 9. The third kappa shape index (κ3) is 6.13. The lowest BCUT2D eigenvalue weighted by molar-refractivity contribution is -0.537. The van der Waals surface area contributed by atoms with Crippen LogP contribution in [0.3, 0.4) is 0 Å². The van der Waals surface area contributed by atoms with E-state index < -0.39 is 85.7 Å². The average molecular weight is 515 g/mol. The molecule has 3 fully saturated rings. The fourth-order valence-electron chi connectivity index (χ4n) is 4.97. The summed E-state index contributed by atoms with van der Waals surface area (Å²) in [6, 6.07) is -1.64. The van der Waals surface area contributed by atoms with Crippen molar-refractivity contribution in [2.75, 3.05) is 13.2 Å². The van der Waals surface area contributed by atoms with E-state index in [9.17, 15) is 25.5 Å². The highest BCUT2D eigenvalue weighted by Crippen LogP contribution is 2.31. The van der Waals surface area contributed by atoms with E-state index in [-0.39, 0.29) is 12.6 Å². The molecule has 2 heterocycles. The molecule has 35 heavy (non-hydrogen) atoms. The zero-order chi connectivity index (χ0) is 26.0. The van der Waals surface area contributed by atoms with Gasteiger partial charge >= 0.3 is 0 Å². The lowest BCUT2D eigenvalue weighted by Crippen LogP contribution is -2.84. The predicted molar refractivity (Wildman–Crippen MR) is 115 cm³/mol. The smallest absolute Gasteiger partial charge is 0.214 e. The third-order valence-corrected chi connectivity index (χ3v) is 7.20. The SMILES string of the molecule is CCCO[C@H]1[C@@H](O)[C@H](O[C@@H]2[C@@H](O)[C@H]([NH3+])C[C@H]([NH3+])[C@H]2O[C@H]2O[C@H](C[NH3+])[C@@H](O)[C@H](O)[C@H]2[NH3+])O[C@H](C)[C@H]1O. The van der Waals surface area contributed by atoms with Crippen molar-refractivity contribution >= 4 is 0 Å². The minimum absolute atomic E-state index is 0.203. The monoisotopic (exact) mass is 514 g/mol. The molecule has 0 aromatic carbocycles. The Morgan fingerprint density at radius 3 is 2.06 bits per heavy atom. The summed E-state index contributed by atoms with van der Waals surface area (Å²) in [5.74, 6) is 0. The number of hydrogen-bond acceptors (Lipinski definition) is 10. The highest BCUT2D eigenvalue weighted by Gasteiger charge is 2.54. The molecular weight excluding hydrogens is 468 g/mol. The third-order valence-electron chi connectivity index (χ3n) is 7.20. The van der Waals surface area contributed by atoms with E-state index in [0.29, 0.717) is 19.4 Å². The van der Waals surface area contributed by atoms with E-state index >= 15 is 0 Å². The summed E-state index contributed by atoms with van der Waals surface area (Å²) < 4.78 is 29.5. The largest absolute Gasteiger partial charge is 0.388 e. The van der Waals surface area contributed by atoms with Gasteiger partial charge in [-0.1, -0.05) is 6.92 Å². The molecule has 3 aliphatic rings. The van der Waals surface area contributed by atoms with Crippen molar-refractivity contribution in [2.45, 2.75) is 118 Å². The van der Waals surface area contributed by atoms with Crippen LogP contribution in [0.5, 0.6) is 0 Å². The van der Waals surface area contributed by atoms with E-state index in [1.807, 2.05) is 6.92 Å². The number of rotatable bonds is 8. The van der Waals surface area contributed by atoms with Crippen LogP contribution in [0.4, 0.5) is 0 Å². The number of quaternary nitrogens is 4. The summed E-state index contributed by atoms with van der Waals surface area (Å²) in [4.78, 5) is 0. The van der Waals surface area contributed by atoms with Crippen LogP contribution in [0, 0.1) is 0 Å². The first-order valence-corrected chi connectivity index (χ1v) is 12.4. The molecule has 0 amide bonds. The first-order chi connectivity index (χ1) is 16.5. The Bertz CT molecular complexity index is 666. The quantitative estimate of drug-likeness (QED) is 0.148. The molecule has 0 bridgehead atoms. The molecule has 2 saturated heterocycles. The minimum Gasteiger partial charge on any atom is -0.388 e. The van der Waals surface area contributed by atoms with Crippen LogP contribution in [-0.4, -0.2) is 130 Å². The molecule has 206 valence electrons. The normalized spacial score (nSPS) is 51.3. The molecule has 0 aromatic rings. The molecule has 17 N–H and O–H groups in total. The van der Waals surface area contributed by atoms with Crippen LogP contribution in [0.15, 0.2) is 0 Å². The summed E-state index contributed by atoms with van der Waals surface area (Å²) in [6.07, 6.45) is -11.2. The zero-order valence-electron chi connectivity index (χ0n) is 20.6. The topological polar surface area (TPSA) is 258 Å². The van der Waals surface area contributed by atoms with Crippen LogP contribution in [0.2, 0.25) is 0 Å². The maximum Gasteiger partial charge on any atom is 0.214 e. The first kappa shape index (κ1) is 29.0. The van der Waals surface area contributed by atoms with E-state index in [1.165, 1.54) is 0 Å². The average Bonchev–Trinajstić information content (AvgIpc) is 2.82. The van der Waals surface area contributed by atoms with Crippen molar-refractivity contribution in [2.24, 2.45) is 0 Å². The molecule has 14 heteroatoms. The van der Waals surface area contributed by atoms with E-state index in [4.69, 9.17) is 23.7 Å². The standard InChI is InChI=1S/C21H42N4O10/c1-3-4-31-18-12(26)7(2)32-21(16(18)30)35-19-13(27)8(23)5-9(24)17(19)34-20-11(25)15(29)14(28)10(6-22)33-20/h7-21,26-30H,3-6,22-25H2,1-2H3/p+4/t7-,8-,9+,10-,11-,12-,13+,14-,15-,16-,17-,18-,19-,20-,21+/m1/s1. The number of aliphatic hydroxyl groups is 5. The molecule has 14 nitrogen and oxygen atoms in total. The Morgan fingerprint density at radius 1 is 0.771 bits per heavy atom. The fourth-order valence-corrected chi connectivity index (χ4v) is 4.97. The summed E-state index contributed by atoms with van der Waals surface area (Å²) in [6.45, 7) is 4.10. The molecule has 1 aliphatic carbocycles. The lowest BCUT2D eigenvalue weighted by Gasteiger charge is -2.46. The Balaban J connectivity index is 1.80. The van der Waals surface area contributed by atoms with Gasteiger partial charge in [-0.25, -0.2) is 0 Å². The van der Waals surface area contributed by atoms with Crippen LogP contribution in [0.25, 0.3) is 0 Å². The first-order valence-electron chi connectivity index (χ1n) is 12.4. The summed E-state index contributed by atoms with van der Waals surface area (Å²) in [7, 11) is 0. The Labute approximate surface area is 204 Å². The van der Waals surface area contributed by atoms with Gasteiger partial charge in [0.05, 0.1) is 12.5 Å². The van der Waals surface area contributed by atoms with Gasteiger partial charge in [0.1, 0.15) is 73.6 Å². The fraction of sp³-hybridized carbons (Fsp3) is 1.00. The summed E-state index contributed by atoms with van der Waals surface area (Å²) >= 11 is 0. The Hall–Kier alpha value is -0.560. The zero-order valence-corrected chi connectivity index (χ0v) is 20.6. The van der Waals surface area contributed by atoms with Crippen molar-refractivity contribution in [1.29, 1.82) is 0 Å².